The van der Waals surface area contributed by atoms with Gasteiger partial charge in [0, 0.05) is 24.6 Å². The Hall–Kier alpha value is -0.680. The lowest BCUT2D eigenvalue weighted by Crippen LogP contribution is -2.44. The molecule has 0 aliphatic heterocycles. The maximum absolute atomic E-state index is 11.3. The second kappa shape index (κ2) is 8.42. The fraction of sp³-hybridized carbons (Fsp3) is 0.750. The Kier molecular flexibility index (Phi) is 8.08. The Balaban J connectivity index is 3.56. The number of urea groups is 1. The summed E-state index contributed by atoms with van der Waals surface area (Å²) in [5, 5.41) is 15.1. The summed E-state index contributed by atoms with van der Waals surface area (Å²) in [5.41, 5.74) is -0.215. The number of carbonyl (C=O) groups is 1. The van der Waals surface area contributed by atoms with E-state index in [0.717, 1.165) is 11.5 Å². The third-order valence-electron chi connectivity index (χ3n) is 2.22. The van der Waals surface area contributed by atoms with Crippen LogP contribution >= 0.6 is 11.8 Å². The van der Waals surface area contributed by atoms with E-state index in [0.29, 0.717) is 6.54 Å². The van der Waals surface area contributed by atoms with Crippen molar-refractivity contribution >= 4 is 17.8 Å². The number of aliphatic hydroxyl groups excluding tert-OH is 1. The van der Waals surface area contributed by atoms with Gasteiger partial charge in [-0.1, -0.05) is 26.8 Å². The highest BCUT2D eigenvalue weighted by atomic mass is 32.2. The van der Waals surface area contributed by atoms with Gasteiger partial charge in [0.15, 0.2) is 0 Å². The Morgan fingerprint density at radius 3 is 2.65 bits per heavy atom. The van der Waals surface area contributed by atoms with E-state index < -0.39 is 6.10 Å². The average molecular weight is 260 g/mol. The Morgan fingerprint density at radius 2 is 2.12 bits per heavy atom. The standard InChI is InChI=1S/C12H24N2O2S/c1-5-7-17-8-6-13-11(16)14-9-10(15)12(2,3)4/h5,10,15H,1,6-9H2,2-4H3,(H2,13,14,16). The molecule has 0 radical (unpaired) electrons. The summed E-state index contributed by atoms with van der Waals surface area (Å²) in [4.78, 5) is 11.3. The van der Waals surface area contributed by atoms with E-state index in [-0.39, 0.29) is 18.0 Å². The minimum absolute atomic E-state index is 0.215. The topological polar surface area (TPSA) is 61.4 Å². The number of amides is 2. The number of hydrogen-bond donors (Lipinski definition) is 3. The summed E-state index contributed by atoms with van der Waals surface area (Å²) in [6.45, 7) is 10.3. The predicted octanol–water partition coefficient (Wildman–Crippen LogP) is 1.61. The lowest BCUT2D eigenvalue weighted by Gasteiger charge is -2.25. The van der Waals surface area contributed by atoms with Crippen LogP contribution in [0.4, 0.5) is 4.79 Å². The molecule has 0 aromatic carbocycles. The SMILES string of the molecule is C=CCSCCNC(=O)NCC(O)C(C)(C)C. The van der Waals surface area contributed by atoms with Crippen LogP contribution < -0.4 is 10.6 Å². The van der Waals surface area contributed by atoms with Crippen LogP contribution in [0.3, 0.4) is 0 Å². The van der Waals surface area contributed by atoms with E-state index in [1.807, 2.05) is 26.8 Å². The minimum Gasteiger partial charge on any atom is -0.391 e. The number of rotatable bonds is 7. The molecule has 3 N–H and O–H groups in total. The first kappa shape index (κ1) is 16.3. The molecule has 5 heteroatoms. The zero-order valence-corrected chi connectivity index (χ0v) is 11.8. The highest BCUT2D eigenvalue weighted by molar-refractivity contribution is 7.99. The molecule has 0 heterocycles. The minimum atomic E-state index is -0.539. The maximum Gasteiger partial charge on any atom is 0.314 e. The summed E-state index contributed by atoms with van der Waals surface area (Å²) in [7, 11) is 0. The fourth-order valence-corrected chi connectivity index (χ4v) is 1.54. The quantitative estimate of drug-likeness (QED) is 0.481. The van der Waals surface area contributed by atoms with Crippen molar-refractivity contribution < 1.29 is 9.90 Å². The van der Waals surface area contributed by atoms with E-state index in [4.69, 9.17) is 0 Å². The maximum atomic E-state index is 11.3. The fourth-order valence-electron chi connectivity index (χ4n) is 0.961. The Bertz CT molecular complexity index is 239. The van der Waals surface area contributed by atoms with Crippen LogP contribution in [-0.4, -0.2) is 41.8 Å². The molecule has 0 bridgehead atoms. The lowest BCUT2D eigenvalue weighted by molar-refractivity contribution is 0.0650. The average Bonchev–Trinajstić information content (AvgIpc) is 2.24. The van der Waals surface area contributed by atoms with Crippen LogP contribution in [-0.2, 0) is 0 Å². The normalized spacial score (nSPS) is 12.9. The van der Waals surface area contributed by atoms with E-state index in [1.165, 1.54) is 0 Å². The van der Waals surface area contributed by atoms with E-state index in [2.05, 4.69) is 17.2 Å². The van der Waals surface area contributed by atoms with Crippen molar-refractivity contribution in [1.82, 2.24) is 10.6 Å². The number of thioether (sulfide) groups is 1. The van der Waals surface area contributed by atoms with Gasteiger partial charge in [-0.15, -0.1) is 6.58 Å². The first-order chi connectivity index (χ1) is 7.88. The van der Waals surface area contributed by atoms with Crippen molar-refractivity contribution in [2.24, 2.45) is 5.41 Å². The molecule has 1 unspecified atom stereocenters. The molecule has 0 saturated carbocycles. The molecule has 100 valence electrons. The highest BCUT2D eigenvalue weighted by Crippen LogP contribution is 2.17. The van der Waals surface area contributed by atoms with Crippen LogP contribution in [0.25, 0.3) is 0 Å². The molecule has 0 saturated heterocycles. The van der Waals surface area contributed by atoms with Gasteiger partial charge in [-0.2, -0.15) is 11.8 Å². The number of hydrogen-bond acceptors (Lipinski definition) is 3. The van der Waals surface area contributed by atoms with Crippen molar-refractivity contribution in [2.45, 2.75) is 26.9 Å². The van der Waals surface area contributed by atoms with Gasteiger partial charge < -0.3 is 15.7 Å². The predicted molar refractivity (Wildman–Crippen MR) is 74.4 cm³/mol. The smallest absolute Gasteiger partial charge is 0.314 e. The molecule has 0 aromatic heterocycles. The molecular weight excluding hydrogens is 236 g/mol. The summed E-state index contributed by atoms with van der Waals surface area (Å²) >= 11 is 1.71. The molecule has 0 aliphatic carbocycles. The van der Waals surface area contributed by atoms with Gasteiger partial charge >= 0.3 is 6.03 Å². The van der Waals surface area contributed by atoms with Crippen molar-refractivity contribution in [3.8, 4) is 0 Å². The molecule has 17 heavy (non-hydrogen) atoms. The van der Waals surface area contributed by atoms with Gasteiger partial charge in [-0.05, 0) is 5.41 Å². The molecule has 1 atom stereocenters. The molecule has 0 fully saturated rings. The molecule has 2 amide bonds. The van der Waals surface area contributed by atoms with Crippen LogP contribution in [0.15, 0.2) is 12.7 Å². The van der Waals surface area contributed by atoms with E-state index in [9.17, 15) is 9.90 Å². The molecule has 0 aromatic rings. The second-order valence-electron chi connectivity index (χ2n) is 4.88. The van der Waals surface area contributed by atoms with Gasteiger partial charge in [0.1, 0.15) is 0 Å². The zero-order valence-electron chi connectivity index (χ0n) is 11.0. The second-order valence-corrected chi connectivity index (χ2v) is 6.03. The van der Waals surface area contributed by atoms with Crippen LogP contribution in [0.1, 0.15) is 20.8 Å². The lowest BCUT2D eigenvalue weighted by atomic mass is 9.89. The third-order valence-corrected chi connectivity index (χ3v) is 3.19. The third kappa shape index (κ3) is 9.06. The van der Waals surface area contributed by atoms with Crippen LogP contribution in [0, 0.1) is 5.41 Å². The zero-order chi connectivity index (χ0) is 13.3. The van der Waals surface area contributed by atoms with E-state index >= 15 is 0 Å². The van der Waals surface area contributed by atoms with Crippen molar-refractivity contribution in [3.63, 3.8) is 0 Å². The number of nitrogens with one attached hydrogen (secondary N) is 2. The summed E-state index contributed by atoms with van der Waals surface area (Å²) in [6, 6.07) is -0.229. The summed E-state index contributed by atoms with van der Waals surface area (Å²) in [6.07, 6.45) is 1.30. The molecule has 4 nitrogen and oxygen atoms in total. The van der Waals surface area contributed by atoms with Crippen LogP contribution in [0.5, 0.6) is 0 Å². The van der Waals surface area contributed by atoms with Gasteiger partial charge in [-0.3, -0.25) is 0 Å². The first-order valence-corrected chi connectivity index (χ1v) is 6.91. The van der Waals surface area contributed by atoms with Crippen molar-refractivity contribution in [1.29, 1.82) is 0 Å². The summed E-state index contributed by atoms with van der Waals surface area (Å²) in [5.74, 6) is 1.76. The summed E-state index contributed by atoms with van der Waals surface area (Å²) < 4.78 is 0. The number of aliphatic hydroxyl groups is 1. The number of carbonyl (C=O) groups excluding carboxylic acids is 1. The molecular formula is C12H24N2O2S. The van der Waals surface area contributed by atoms with Gasteiger partial charge in [0.25, 0.3) is 0 Å². The molecule has 0 rings (SSSR count). The first-order valence-electron chi connectivity index (χ1n) is 5.76. The van der Waals surface area contributed by atoms with Crippen LogP contribution in [0.2, 0.25) is 0 Å². The highest BCUT2D eigenvalue weighted by Gasteiger charge is 2.22. The van der Waals surface area contributed by atoms with Gasteiger partial charge in [0.05, 0.1) is 6.10 Å². The van der Waals surface area contributed by atoms with Crippen molar-refractivity contribution in [3.05, 3.63) is 12.7 Å². The Morgan fingerprint density at radius 1 is 1.47 bits per heavy atom. The van der Waals surface area contributed by atoms with Crippen molar-refractivity contribution in [2.75, 3.05) is 24.6 Å². The monoisotopic (exact) mass is 260 g/mol. The van der Waals surface area contributed by atoms with Gasteiger partial charge in [-0.25, -0.2) is 4.79 Å². The van der Waals surface area contributed by atoms with E-state index in [1.54, 1.807) is 11.8 Å². The Labute approximate surface area is 108 Å². The molecule has 0 aliphatic rings. The van der Waals surface area contributed by atoms with Gasteiger partial charge in [0.2, 0.25) is 0 Å². The largest absolute Gasteiger partial charge is 0.391 e. The molecule has 0 spiro atoms.